The largest absolute Gasteiger partial charge is 0.478 e. The number of nitrogens with zero attached hydrogens (tertiary/aromatic N) is 1. The van der Waals surface area contributed by atoms with Crippen molar-refractivity contribution < 1.29 is 14.7 Å². The maximum absolute atomic E-state index is 11.1. The number of amides is 1. The van der Waals surface area contributed by atoms with Crippen LogP contribution in [-0.2, 0) is 9.59 Å². The number of aliphatic carboxylic acids is 1. The van der Waals surface area contributed by atoms with Crippen molar-refractivity contribution in [1.29, 1.82) is 0 Å². The molecule has 0 aliphatic carbocycles. The molecule has 5 nitrogen and oxygen atoms in total. The molecule has 15 heavy (non-hydrogen) atoms. The summed E-state index contributed by atoms with van der Waals surface area (Å²) in [5.74, 6) is -1.17. The van der Waals surface area contributed by atoms with Crippen LogP contribution in [0, 0.1) is 0 Å². The lowest BCUT2D eigenvalue weighted by molar-refractivity contribution is -0.133. The maximum atomic E-state index is 11.1. The smallest absolute Gasteiger partial charge is 0.335 e. The minimum Gasteiger partial charge on any atom is -0.478 e. The Balaban J connectivity index is 5.15. The van der Waals surface area contributed by atoms with Crippen LogP contribution in [-0.4, -0.2) is 36.0 Å². The molecule has 1 amide bonds. The number of hydrogen-bond donors (Lipinski definition) is 2. The number of hydrogen-bond acceptors (Lipinski definition) is 3. The Labute approximate surface area is 89.1 Å². The average molecular weight is 212 g/mol. The van der Waals surface area contributed by atoms with Gasteiger partial charge >= 0.3 is 5.97 Å². The van der Waals surface area contributed by atoms with E-state index in [1.165, 1.54) is 0 Å². The minimum atomic E-state index is -1.04. The molecule has 0 bridgehead atoms. The van der Waals surface area contributed by atoms with Crippen LogP contribution in [0.15, 0.2) is 24.0 Å². The zero-order valence-corrected chi connectivity index (χ0v) is 9.20. The summed E-state index contributed by atoms with van der Waals surface area (Å²) in [4.78, 5) is 23.5. The van der Waals surface area contributed by atoms with Crippen molar-refractivity contribution in [2.75, 3.05) is 14.1 Å². The molecule has 0 radical (unpaired) electrons. The van der Waals surface area contributed by atoms with E-state index in [4.69, 9.17) is 5.11 Å². The normalized spacial score (nSPS) is 11.4. The van der Waals surface area contributed by atoms with E-state index in [0.717, 1.165) is 6.08 Å². The van der Waals surface area contributed by atoms with Crippen LogP contribution in [0.1, 0.15) is 13.3 Å². The summed E-state index contributed by atoms with van der Waals surface area (Å²) in [5, 5.41) is 11.4. The van der Waals surface area contributed by atoms with Gasteiger partial charge in [-0.2, -0.15) is 0 Å². The van der Waals surface area contributed by atoms with Crippen LogP contribution >= 0.6 is 0 Å². The van der Waals surface area contributed by atoms with Gasteiger partial charge < -0.3 is 15.3 Å². The van der Waals surface area contributed by atoms with E-state index in [-0.39, 0.29) is 11.4 Å². The van der Waals surface area contributed by atoms with Gasteiger partial charge in [-0.25, -0.2) is 4.79 Å². The van der Waals surface area contributed by atoms with Crippen molar-refractivity contribution in [2.24, 2.45) is 0 Å². The molecule has 0 spiro atoms. The monoisotopic (exact) mass is 212 g/mol. The van der Waals surface area contributed by atoms with Gasteiger partial charge in [-0.3, -0.25) is 4.79 Å². The summed E-state index contributed by atoms with van der Waals surface area (Å²) in [6.45, 7) is 5.02. The van der Waals surface area contributed by atoms with Gasteiger partial charge in [0.15, 0.2) is 0 Å². The average Bonchev–Trinajstić information content (AvgIpc) is 2.16. The Morgan fingerprint density at radius 2 is 2.00 bits per heavy atom. The maximum Gasteiger partial charge on any atom is 0.335 e. The van der Waals surface area contributed by atoms with Crippen molar-refractivity contribution in [3.63, 3.8) is 0 Å². The number of nitrogens with one attached hydrogen (secondary N) is 1. The Hall–Kier alpha value is -1.78. The van der Waals surface area contributed by atoms with E-state index in [1.54, 1.807) is 25.9 Å². The van der Waals surface area contributed by atoms with Crippen molar-refractivity contribution in [3.05, 3.63) is 24.0 Å². The van der Waals surface area contributed by atoms with E-state index < -0.39 is 11.9 Å². The first-order chi connectivity index (χ1) is 6.93. The summed E-state index contributed by atoms with van der Waals surface area (Å²) >= 11 is 0. The highest BCUT2D eigenvalue weighted by Crippen LogP contribution is 2.08. The van der Waals surface area contributed by atoms with E-state index >= 15 is 0 Å². The lowest BCUT2D eigenvalue weighted by Crippen LogP contribution is -2.32. The molecule has 0 heterocycles. The standard InChI is InChI=1S/C10H16N2O3/c1-5-7(10(14)15)9(12(3)4)11-8(13)6-2/h6H,2,5H2,1,3-4H3,(H,11,13)(H,14,15). The highest BCUT2D eigenvalue weighted by atomic mass is 16.4. The van der Waals surface area contributed by atoms with E-state index in [9.17, 15) is 9.59 Å². The molecule has 84 valence electrons. The molecular formula is C10H16N2O3. The van der Waals surface area contributed by atoms with Crippen molar-refractivity contribution in [1.82, 2.24) is 10.2 Å². The molecule has 0 saturated heterocycles. The van der Waals surface area contributed by atoms with Crippen LogP contribution < -0.4 is 5.32 Å². The second kappa shape index (κ2) is 5.85. The quantitative estimate of drug-likeness (QED) is 0.653. The third-order valence-electron chi connectivity index (χ3n) is 1.77. The van der Waals surface area contributed by atoms with Crippen LogP contribution in [0.3, 0.4) is 0 Å². The van der Waals surface area contributed by atoms with Gasteiger partial charge in [0, 0.05) is 14.1 Å². The van der Waals surface area contributed by atoms with E-state index in [1.807, 2.05) is 0 Å². The highest BCUT2D eigenvalue weighted by molar-refractivity contribution is 5.91. The predicted molar refractivity (Wildman–Crippen MR) is 57.0 cm³/mol. The molecule has 0 atom stereocenters. The summed E-state index contributed by atoms with van der Waals surface area (Å²) in [5.41, 5.74) is 0.162. The van der Waals surface area contributed by atoms with Crippen molar-refractivity contribution in [2.45, 2.75) is 13.3 Å². The fourth-order valence-corrected chi connectivity index (χ4v) is 1.04. The molecule has 0 unspecified atom stereocenters. The lowest BCUT2D eigenvalue weighted by atomic mass is 10.2. The summed E-state index contributed by atoms with van der Waals surface area (Å²) < 4.78 is 0. The fourth-order valence-electron chi connectivity index (χ4n) is 1.04. The molecule has 0 aromatic rings. The third-order valence-corrected chi connectivity index (χ3v) is 1.77. The van der Waals surface area contributed by atoms with Crippen molar-refractivity contribution >= 4 is 11.9 Å². The summed E-state index contributed by atoms with van der Waals surface area (Å²) in [7, 11) is 3.33. The van der Waals surface area contributed by atoms with Crippen LogP contribution in [0.25, 0.3) is 0 Å². The van der Waals surface area contributed by atoms with E-state index in [2.05, 4.69) is 11.9 Å². The van der Waals surface area contributed by atoms with E-state index in [0.29, 0.717) is 6.42 Å². The summed E-state index contributed by atoms with van der Waals surface area (Å²) in [6.07, 6.45) is 1.43. The first kappa shape index (κ1) is 13.2. The molecule has 2 N–H and O–H groups in total. The number of carboxylic acid groups (broad SMARTS) is 1. The number of carbonyl (C=O) groups is 2. The molecule has 0 aromatic heterocycles. The fraction of sp³-hybridized carbons (Fsp3) is 0.400. The van der Waals surface area contributed by atoms with Gasteiger partial charge in [0.25, 0.3) is 0 Å². The van der Waals surface area contributed by atoms with Gasteiger partial charge in [0.2, 0.25) is 5.91 Å². The van der Waals surface area contributed by atoms with Gasteiger partial charge in [0.1, 0.15) is 5.82 Å². The SMILES string of the molecule is C=CC(=O)NC(=C(CC)C(=O)O)N(C)C. The van der Waals surface area contributed by atoms with Crippen LogP contribution in [0.2, 0.25) is 0 Å². The topological polar surface area (TPSA) is 69.6 Å². The van der Waals surface area contributed by atoms with Gasteiger partial charge in [0.05, 0.1) is 5.57 Å². The minimum absolute atomic E-state index is 0.162. The van der Waals surface area contributed by atoms with Crippen LogP contribution in [0.5, 0.6) is 0 Å². The Morgan fingerprint density at radius 3 is 2.27 bits per heavy atom. The molecule has 0 saturated carbocycles. The predicted octanol–water partition coefficient (Wildman–Crippen LogP) is 0.556. The molecule has 0 aromatic carbocycles. The third kappa shape index (κ3) is 3.84. The Kier molecular flexibility index (Phi) is 5.15. The van der Waals surface area contributed by atoms with Gasteiger partial charge in [-0.05, 0) is 12.5 Å². The first-order valence-corrected chi connectivity index (χ1v) is 4.51. The van der Waals surface area contributed by atoms with Gasteiger partial charge in [-0.15, -0.1) is 0 Å². The molecule has 0 rings (SSSR count). The zero-order valence-electron chi connectivity index (χ0n) is 9.20. The Bertz CT molecular complexity index is 306. The highest BCUT2D eigenvalue weighted by Gasteiger charge is 2.15. The van der Waals surface area contributed by atoms with Gasteiger partial charge in [-0.1, -0.05) is 13.5 Å². The molecule has 0 fully saturated rings. The lowest BCUT2D eigenvalue weighted by Gasteiger charge is -2.19. The van der Waals surface area contributed by atoms with Crippen LogP contribution in [0.4, 0.5) is 0 Å². The number of carboxylic acids is 1. The number of carbonyl (C=O) groups excluding carboxylic acids is 1. The molecule has 0 aliphatic heterocycles. The molecular weight excluding hydrogens is 196 g/mol. The Morgan fingerprint density at radius 1 is 1.47 bits per heavy atom. The first-order valence-electron chi connectivity index (χ1n) is 4.51. The molecule has 0 aliphatic rings. The zero-order chi connectivity index (χ0) is 12.0. The second-order valence-corrected chi connectivity index (χ2v) is 3.07. The number of rotatable bonds is 5. The van der Waals surface area contributed by atoms with Crippen molar-refractivity contribution in [3.8, 4) is 0 Å². The second-order valence-electron chi connectivity index (χ2n) is 3.07. The molecule has 5 heteroatoms. The summed E-state index contributed by atoms with van der Waals surface area (Å²) in [6, 6.07) is 0.